The van der Waals surface area contributed by atoms with Crippen molar-refractivity contribution in [1.29, 1.82) is 0 Å². The highest BCUT2D eigenvalue weighted by Crippen LogP contribution is 2.21. The number of rotatable bonds is 3. The van der Waals surface area contributed by atoms with E-state index in [4.69, 9.17) is 0 Å². The van der Waals surface area contributed by atoms with Crippen molar-refractivity contribution in [3.05, 3.63) is 27.2 Å². The van der Waals surface area contributed by atoms with Crippen LogP contribution in [0.4, 0.5) is 0 Å². The van der Waals surface area contributed by atoms with Crippen LogP contribution in [-0.2, 0) is 19.3 Å². The van der Waals surface area contributed by atoms with Crippen LogP contribution in [0, 0.1) is 0 Å². The van der Waals surface area contributed by atoms with Crippen molar-refractivity contribution in [1.82, 2.24) is 0 Å². The average Bonchev–Trinajstić information content (AvgIpc) is 2.17. The van der Waals surface area contributed by atoms with Crippen LogP contribution < -0.4 is 5.19 Å². The molecule has 0 saturated heterocycles. The van der Waals surface area contributed by atoms with E-state index in [0.717, 1.165) is 19.3 Å². The molecule has 75 valence electrons. The third kappa shape index (κ3) is 2.11. The van der Waals surface area contributed by atoms with Gasteiger partial charge in [-0.3, -0.25) is 0 Å². The first kappa shape index (κ1) is 12.0. The molecule has 0 bridgehead atoms. The largest absolute Gasteiger partial charge is 0.0720 e. The summed E-state index contributed by atoms with van der Waals surface area (Å²) in [5, 5.41) is 1.29. The molecule has 1 rings (SSSR count). The Morgan fingerprint density at radius 2 is 1.64 bits per heavy atom. The first-order chi connectivity index (χ1) is 6.65. The molecule has 0 atom stereocenters. The summed E-state index contributed by atoms with van der Waals surface area (Å²) < 4.78 is 1.24. The third-order valence-corrected chi connectivity index (χ3v) is 3.98. The Bertz CT molecular complexity index is 332. The van der Waals surface area contributed by atoms with Crippen molar-refractivity contribution in [3.63, 3.8) is 0 Å². The van der Waals surface area contributed by atoms with Crippen molar-refractivity contribution in [2.45, 2.75) is 40.0 Å². The highest BCUT2D eigenvalue weighted by Gasteiger charge is 2.09. The van der Waals surface area contributed by atoms with Gasteiger partial charge in [0.15, 0.2) is 0 Å². The Morgan fingerprint density at radius 1 is 1.07 bits per heavy atom. The minimum Gasteiger partial charge on any atom is -0.0613 e. The predicted molar refractivity (Wildman–Crippen MR) is 67.7 cm³/mol. The molecule has 0 fully saturated rings. The summed E-state index contributed by atoms with van der Waals surface area (Å²) in [4.78, 5) is 0. The van der Waals surface area contributed by atoms with E-state index in [1.54, 1.807) is 0 Å². The van der Waals surface area contributed by atoms with E-state index in [-0.39, 0.29) is 0 Å². The van der Waals surface area contributed by atoms with Crippen LogP contribution in [0.1, 0.15) is 37.5 Å². The van der Waals surface area contributed by atoms with E-state index in [9.17, 15) is 0 Å². The van der Waals surface area contributed by atoms with Crippen LogP contribution in [0.3, 0.4) is 0 Å². The second-order valence-corrected chi connectivity index (χ2v) is 4.76. The van der Waals surface area contributed by atoms with E-state index in [1.807, 2.05) is 0 Å². The molecule has 0 N–H and O–H groups in total. The van der Waals surface area contributed by atoms with Crippen LogP contribution in [0.15, 0.2) is 10.5 Å². The van der Waals surface area contributed by atoms with Gasteiger partial charge < -0.3 is 0 Å². The summed E-state index contributed by atoms with van der Waals surface area (Å²) >= 11 is 3.63. The van der Waals surface area contributed by atoms with E-state index < -0.39 is 0 Å². The topological polar surface area (TPSA) is 0 Å². The van der Waals surface area contributed by atoms with Crippen molar-refractivity contribution >= 4 is 31.4 Å². The Labute approximate surface area is 98.7 Å². The van der Waals surface area contributed by atoms with Gasteiger partial charge in [0.2, 0.25) is 0 Å². The number of hydrogen-bond donors (Lipinski definition) is 0. The van der Waals surface area contributed by atoms with Gasteiger partial charge in [-0.05, 0) is 42.0 Å². The van der Waals surface area contributed by atoms with Gasteiger partial charge in [-0.2, -0.15) is 0 Å². The number of halogens is 1. The molecule has 0 aliphatic rings. The minimum atomic E-state index is 1.07. The number of aryl methyl sites for hydroxylation is 1. The van der Waals surface area contributed by atoms with Crippen molar-refractivity contribution in [2.24, 2.45) is 0 Å². The first-order valence-corrected chi connectivity index (χ1v) is 6.49. The molecule has 0 spiro atoms. The second kappa shape index (κ2) is 5.13. The van der Waals surface area contributed by atoms with Crippen LogP contribution in [0.25, 0.3) is 0 Å². The van der Waals surface area contributed by atoms with Gasteiger partial charge in [0, 0.05) is 4.47 Å². The van der Waals surface area contributed by atoms with Crippen LogP contribution in [0.2, 0.25) is 0 Å². The summed E-state index contributed by atoms with van der Waals surface area (Å²) in [6.45, 7) is 6.61. The summed E-state index contributed by atoms with van der Waals surface area (Å²) in [7, 11) is 3.77. The monoisotopic (exact) mass is 267 g/mol. The van der Waals surface area contributed by atoms with E-state index in [0.29, 0.717) is 0 Å². The molecule has 0 aliphatic heterocycles. The molecule has 0 heterocycles. The molecule has 14 heavy (non-hydrogen) atoms. The molecule has 1 aromatic rings. The fourth-order valence-electron chi connectivity index (χ4n) is 1.85. The van der Waals surface area contributed by atoms with Gasteiger partial charge in [-0.15, -0.1) is 0 Å². The molecule has 3 radical (unpaired) electrons. The van der Waals surface area contributed by atoms with Crippen LogP contribution in [-0.4, -0.2) is 10.2 Å². The highest BCUT2D eigenvalue weighted by molar-refractivity contribution is 9.10. The van der Waals surface area contributed by atoms with E-state index in [2.05, 4.69) is 53.0 Å². The van der Waals surface area contributed by atoms with Gasteiger partial charge in [0.05, 0.1) is 10.2 Å². The normalized spacial score (nSPS) is 10.6. The lowest BCUT2D eigenvalue weighted by Crippen LogP contribution is -2.18. The lowest BCUT2D eigenvalue weighted by Gasteiger charge is -2.15. The second-order valence-electron chi connectivity index (χ2n) is 3.41. The van der Waals surface area contributed by atoms with Gasteiger partial charge in [-0.25, -0.2) is 0 Å². The Kier molecular flexibility index (Phi) is 4.39. The molecule has 0 saturated carbocycles. The molecular weight excluding hydrogens is 252 g/mol. The quantitative estimate of drug-likeness (QED) is 0.739. The highest BCUT2D eigenvalue weighted by atomic mass is 79.9. The Morgan fingerprint density at radius 3 is 2.07 bits per heavy atom. The smallest absolute Gasteiger partial charge is 0.0613 e. The standard InChI is InChI=1S/C12H16BrSi/c1-4-8-7-11(13)10(6-3)12(14)9(8)5-2/h7H,4-6H2,1-3H3. The fourth-order valence-corrected chi connectivity index (χ4v) is 3.44. The van der Waals surface area contributed by atoms with Crippen LogP contribution in [0.5, 0.6) is 0 Å². The maximum atomic E-state index is 3.77. The van der Waals surface area contributed by atoms with Crippen molar-refractivity contribution in [2.75, 3.05) is 0 Å². The van der Waals surface area contributed by atoms with Crippen molar-refractivity contribution in [3.8, 4) is 0 Å². The van der Waals surface area contributed by atoms with Crippen molar-refractivity contribution < 1.29 is 0 Å². The van der Waals surface area contributed by atoms with Crippen LogP contribution >= 0.6 is 15.9 Å². The molecule has 0 aliphatic carbocycles. The average molecular weight is 268 g/mol. The van der Waals surface area contributed by atoms with Gasteiger partial charge >= 0.3 is 0 Å². The fraction of sp³-hybridized carbons (Fsp3) is 0.500. The van der Waals surface area contributed by atoms with Gasteiger partial charge in [0.1, 0.15) is 0 Å². The molecule has 0 unspecified atom stereocenters. The zero-order valence-corrected chi connectivity index (χ0v) is 11.7. The maximum absolute atomic E-state index is 3.77. The Hall–Kier alpha value is -0.0831. The lowest BCUT2D eigenvalue weighted by atomic mass is 9.98. The Balaban J connectivity index is 3.39. The SMILES string of the molecule is CCc1cc(Br)c(CC)c([Si])c1CC. The minimum absolute atomic E-state index is 1.07. The molecular formula is C12H16BrSi. The number of benzene rings is 1. The lowest BCUT2D eigenvalue weighted by molar-refractivity contribution is 1.02. The summed E-state index contributed by atoms with van der Waals surface area (Å²) in [6, 6.07) is 2.27. The van der Waals surface area contributed by atoms with Gasteiger partial charge in [0.25, 0.3) is 0 Å². The number of hydrogen-bond acceptors (Lipinski definition) is 0. The molecule has 0 aromatic heterocycles. The molecule has 0 amide bonds. The predicted octanol–water partition coefficient (Wildman–Crippen LogP) is 2.93. The zero-order chi connectivity index (χ0) is 10.7. The molecule has 0 nitrogen and oxygen atoms in total. The van der Waals surface area contributed by atoms with E-state index in [1.165, 1.54) is 26.3 Å². The summed E-state index contributed by atoms with van der Waals surface area (Å²) in [5.74, 6) is 0. The first-order valence-electron chi connectivity index (χ1n) is 5.20. The molecule has 2 heteroatoms. The zero-order valence-electron chi connectivity index (χ0n) is 9.08. The summed E-state index contributed by atoms with van der Waals surface area (Å²) in [6.07, 6.45) is 3.27. The van der Waals surface area contributed by atoms with E-state index >= 15 is 0 Å². The van der Waals surface area contributed by atoms with Gasteiger partial charge in [-0.1, -0.05) is 41.9 Å². The third-order valence-electron chi connectivity index (χ3n) is 2.67. The molecule has 1 aromatic carbocycles. The maximum Gasteiger partial charge on any atom is 0.0720 e. The summed E-state index contributed by atoms with van der Waals surface area (Å²) in [5.41, 5.74) is 4.29.